The number of fused-ring (bicyclic) bond motifs is 1. The van der Waals surface area contributed by atoms with E-state index in [1.165, 1.54) is 0 Å². The van der Waals surface area contributed by atoms with Crippen molar-refractivity contribution in [1.82, 2.24) is 4.98 Å². The number of amides is 1. The third-order valence-electron chi connectivity index (χ3n) is 3.48. The zero-order valence-corrected chi connectivity index (χ0v) is 13.7. The van der Waals surface area contributed by atoms with E-state index >= 15 is 0 Å². The van der Waals surface area contributed by atoms with E-state index in [2.05, 4.69) is 33.2 Å². The van der Waals surface area contributed by atoms with E-state index < -0.39 is 0 Å². The molecule has 21 heavy (non-hydrogen) atoms. The summed E-state index contributed by atoms with van der Waals surface area (Å²) in [5, 5.41) is 3.95. The van der Waals surface area contributed by atoms with Gasteiger partial charge in [0.15, 0.2) is 0 Å². The number of nitrogens with two attached hydrogens (primary N) is 1. The van der Waals surface area contributed by atoms with E-state index in [1.807, 2.05) is 24.3 Å². The first kappa shape index (κ1) is 15.9. The van der Waals surface area contributed by atoms with E-state index in [-0.39, 0.29) is 5.91 Å². The minimum Gasteiger partial charge on any atom is -0.330 e. The minimum atomic E-state index is 0.0242. The number of benzene rings is 1. The summed E-state index contributed by atoms with van der Waals surface area (Å²) < 4.78 is 0.925. The van der Waals surface area contributed by atoms with Crippen molar-refractivity contribution in [3.63, 3.8) is 0 Å². The molecule has 1 aromatic heterocycles. The van der Waals surface area contributed by atoms with Gasteiger partial charge in [0, 0.05) is 22.5 Å². The van der Waals surface area contributed by atoms with Crippen LogP contribution < -0.4 is 11.1 Å². The Morgan fingerprint density at radius 3 is 3.00 bits per heavy atom. The fraction of sp³-hybridized carbons (Fsp3) is 0.375. The van der Waals surface area contributed by atoms with Crippen molar-refractivity contribution in [2.75, 3.05) is 11.9 Å². The molecule has 1 amide bonds. The molecule has 2 aromatic rings. The van der Waals surface area contributed by atoms with Gasteiger partial charge in [0.2, 0.25) is 5.91 Å². The first-order chi connectivity index (χ1) is 10.1. The molecular formula is C16H20BrN3O. The molecule has 0 spiro atoms. The Labute approximate surface area is 133 Å². The highest BCUT2D eigenvalue weighted by Crippen LogP contribution is 2.24. The summed E-state index contributed by atoms with van der Waals surface area (Å²) in [6.45, 7) is 2.79. The zero-order valence-electron chi connectivity index (χ0n) is 12.1. The second-order valence-electron chi connectivity index (χ2n) is 5.30. The van der Waals surface area contributed by atoms with E-state index in [1.54, 1.807) is 6.20 Å². The Bertz CT molecular complexity index is 630. The molecule has 1 aromatic carbocycles. The molecule has 0 saturated heterocycles. The monoisotopic (exact) mass is 349 g/mol. The van der Waals surface area contributed by atoms with Crippen LogP contribution in [-0.4, -0.2) is 17.4 Å². The number of anilines is 1. The maximum absolute atomic E-state index is 12.1. The topological polar surface area (TPSA) is 68.0 Å². The molecule has 0 saturated carbocycles. The molecule has 1 heterocycles. The van der Waals surface area contributed by atoms with E-state index in [9.17, 15) is 4.79 Å². The standard InChI is InChI=1S/C16H20BrN3O/c1-11(7-8-18)5-6-15(21)20-14-4-2-3-12-9-13(17)10-19-16(12)14/h2-4,9-11H,5-8,18H2,1H3,(H,20,21). The predicted molar refractivity (Wildman–Crippen MR) is 90.1 cm³/mol. The van der Waals surface area contributed by atoms with Crippen LogP contribution in [0.4, 0.5) is 5.69 Å². The lowest BCUT2D eigenvalue weighted by Crippen LogP contribution is -2.14. The van der Waals surface area contributed by atoms with Gasteiger partial charge in [-0.3, -0.25) is 9.78 Å². The van der Waals surface area contributed by atoms with Gasteiger partial charge in [-0.05, 0) is 53.4 Å². The van der Waals surface area contributed by atoms with Gasteiger partial charge in [-0.1, -0.05) is 19.1 Å². The van der Waals surface area contributed by atoms with Crippen LogP contribution in [0.3, 0.4) is 0 Å². The SMILES string of the molecule is CC(CCN)CCC(=O)Nc1cccc2cc(Br)cnc12. The molecule has 2 rings (SSSR count). The van der Waals surface area contributed by atoms with Crippen molar-refractivity contribution in [2.45, 2.75) is 26.2 Å². The summed E-state index contributed by atoms with van der Waals surface area (Å²) in [6, 6.07) is 7.76. The number of halogens is 1. The number of hydrogen-bond acceptors (Lipinski definition) is 3. The van der Waals surface area contributed by atoms with Crippen molar-refractivity contribution in [1.29, 1.82) is 0 Å². The first-order valence-electron chi connectivity index (χ1n) is 7.14. The molecule has 0 fully saturated rings. The van der Waals surface area contributed by atoms with Gasteiger partial charge in [0.05, 0.1) is 11.2 Å². The number of pyridine rings is 1. The van der Waals surface area contributed by atoms with Crippen molar-refractivity contribution in [3.8, 4) is 0 Å². The lowest BCUT2D eigenvalue weighted by atomic mass is 10.0. The zero-order chi connectivity index (χ0) is 15.2. The van der Waals surface area contributed by atoms with Crippen molar-refractivity contribution >= 4 is 38.4 Å². The smallest absolute Gasteiger partial charge is 0.224 e. The highest BCUT2D eigenvalue weighted by molar-refractivity contribution is 9.10. The number of nitrogens with zero attached hydrogens (tertiary/aromatic N) is 1. The third kappa shape index (κ3) is 4.51. The first-order valence-corrected chi connectivity index (χ1v) is 7.93. The van der Waals surface area contributed by atoms with Crippen LogP contribution >= 0.6 is 15.9 Å². The summed E-state index contributed by atoms with van der Waals surface area (Å²) >= 11 is 3.40. The van der Waals surface area contributed by atoms with E-state index in [0.717, 1.165) is 33.9 Å². The number of rotatable bonds is 6. The van der Waals surface area contributed by atoms with Crippen molar-refractivity contribution in [3.05, 3.63) is 34.9 Å². The molecule has 112 valence electrons. The summed E-state index contributed by atoms with van der Waals surface area (Å²) in [4.78, 5) is 16.4. The second kappa shape index (κ2) is 7.52. The highest BCUT2D eigenvalue weighted by atomic mass is 79.9. The van der Waals surface area contributed by atoms with Crippen molar-refractivity contribution < 1.29 is 4.79 Å². The van der Waals surface area contributed by atoms with Gasteiger partial charge in [0.1, 0.15) is 0 Å². The molecule has 0 aliphatic heterocycles. The average molecular weight is 350 g/mol. The van der Waals surface area contributed by atoms with Gasteiger partial charge >= 0.3 is 0 Å². The van der Waals surface area contributed by atoms with Crippen LogP contribution in [0.25, 0.3) is 10.9 Å². The maximum atomic E-state index is 12.1. The highest BCUT2D eigenvalue weighted by Gasteiger charge is 2.09. The van der Waals surface area contributed by atoms with Gasteiger partial charge in [-0.25, -0.2) is 0 Å². The number of hydrogen-bond donors (Lipinski definition) is 2. The molecular weight excluding hydrogens is 330 g/mol. The van der Waals surface area contributed by atoms with Crippen LogP contribution in [0.5, 0.6) is 0 Å². The quantitative estimate of drug-likeness (QED) is 0.835. The van der Waals surface area contributed by atoms with Crippen LogP contribution in [0, 0.1) is 5.92 Å². The molecule has 0 aliphatic rings. The molecule has 0 radical (unpaired) electrons. The number of aromatic nitrogens is 1. The van der Waals surface area contributed by atoms with Crippen molar-refractivity contribution in [2.24, 2.45) is 11.7 Å². The molecule has 1 atom stereocenters. The predicted octanol–water partition coefficient (Wildman–Crippen LogP) is 3.70. The van der Waals surface area contributed by atoms with Crippen LogP contribution in [0.15, 0.2) is 34.9 Å². The normalized spacial score (nSPS) is 12.3. The average Bonchev–Trinajstić information content (AvgIpc) is 2.45. The van der Waals surface area contributed by atoms with Crippen LogP contribution in [0.1, 0.15) is 26.2 Å². The largest absolute Gasteiger partial charge is 0.330 e. The van der Waals surface area contributed by atoms with Gasteiger partial charge < -0.3 is 11.1 Å². The molecule has 0 aliphatic carbocycles. The summed E-state index contributed by atoms with van der Waals surface area (Å²) in [5.41, 5.74) is 7.09. The Kier molecular flexibility index (Phi) is 5.70. The summed E-state index contributed by atoms with van der Waals surface area (Å²) in [5.74, 6) is 0.499. The fourth-order valence-corrected chi connectivity index (χ4v) is 2.60. The number of carbonyl (C=O) groups excluding carboxylic acids is 1. The molecule has 4 nitrogen and oxygen atoms in total. The van der Waals surface area contributed by atoms with Crippen LogP contribution in [0.2, 0.25) is 0 Å². The van der Waals surface area contributed by atoms with Gasteiger partial charge in [-0.2, -0.15) is 0 Å². The lowest BCUT2D eigenvalue weighted by Gasteiger charge is -2.11. The minimum absolute atomic E-state index is 0.0242. The number of nitrogens with one attached hydrogen (secondary N) is 1. The molecule has 0 bridgehead atoms. The lowest BCUT2D eigenvalue weighted by molar-refractivity contribution is -0.116. The Morgan fingerprint density at radius 2 is 2.24 bits per heavy atom. The molecule has 1 unspecified atom stereocenters. The second-order valence-corrected chi connectivity index (χ2v) is 6.22. The molecule has 5 heteroatoms. The Morgan fingerprint density at radius 1 is 1.43 bits per heavy atom. The number of carbonyl (C=O) groups is 1. The fourth-order valence-electron chi connectivity index (χ4n) is 2.25. The molecule has 3 N–H and O–H groups in total. The summed E-state index contributed by atoms with van der Waals surface area (Å²) in [7, 11) is 0. The summed E-state index contributed by atoms with van der Waals surface area (Å²) in [6.07, 6.45) is 4.05. The maximum Gasteiger partial charge on any atom is 0.224 e. The Balaban J connectivity index is 2.04. The number of para-hydroxylation sites is 1. The van der Waals surface area contributed by atoms with Gasteiger partial charge in [-0.15, -0.1) is 0 Å². The van der Waals surface area contributed by atoms with Crippen LogP contribution in [-0.2, 0) is 4.79 Å². The Hall–Kier alpha value is -1.46. The third-order valence-corrected chi connectivity index (χ3v) is 3.91. The van der Waals surface area contributed by atoms with E-state index in [0.29, 0.717) is 18.9 Å². The van der Waals surface area contributed by atoms with Gasteiger partial charge in [0.25, 0.3) is 0 Å². The van der Waals surface area contributed by atoms with E-state index in [4.69, 9.17) is 5.73 Å².